The van der Waals surface area contributed by atoms with E-state index in [0.29, 0.717) is 5.92 Å². The molecule has 18 heavy (non-hydrogen) atoms. The smallest absolute Gasteiger partial charge is 0.137 e. The van der Waals surface area contributed by atoms with E-state index >= 15 is 0 Å². The van der Waals surface area contributed by atoms with E-state index in [0.717, 1.165) is 12.6 Å². The van der Waals surface area contributed by atoms with Gasteiger partial charge in [0.2, 0.25) is 0 Å². The van der Waals surface area contributed by atoms with Crippen LogP contribution in [0.4, 0.5) is 0 Å². The molecule has 1 saturated heterocycles. The second-order valence-corrected chi connectivity index (χ2v) is 5.96. The predicted octanol–water partition coefficient (Wildman–Crippen LogP) is 0.989. The van der Waals surface area contributed by atoms with Gasteiger partial charge in [-0.3, -0.25) is 0 Å². The van der Waals surface area contributed by atoms with E-state index in [9.17, 15) is 0 Å². The number of hydrogen-bond acceptors (Lipinski definition) is 0. The molecule has 1 aromatic rings. The van der Waals surface area contributed by atoms with Gasteiger partial charge in [-0.25, -0.2) is 0 Å². The van der Waals surface area contributed by atoms with Crippen LogP contribution in [-0.4, -0.2) is 19.1 Å². The molecule has 1 aliphatic rings. The minimum Gasteiger partial charge on any atom is -0.353 e. The highest BCUT2D eigenvalue weighted by atomic mass is 15.2. The highest BCUT2D eigenvalue weighted by Gasteiger charge is 2.26. The summed E-state index contributed by atoms with van der Waals surface area (Å²) < 4.78 is 0. The van der Waals surface area contributed by atoms with Crippen molar-refractivity contribution in [2.75, 3.05) is 13.1 Å². The monoisotopic (exact) mass is 248 g/mol. The Labute approximate surface area is 111 Å². The maximum Gasteiger partial charge on any atom is 0.137 e. The Kier molecular flexibility index (Phi) is 4.79. The topological polar surface area (TPSA) is 32.1 Å². The predicted molar refractivity (Wildman–Crippen MR) is 75.5 cm³/mol. The molecule has 0 saturated carbocycles. The molecule has 0 radical (unpaired) electrons. The van der Waals surface area contributed by atoms with E-state index in [1.54, 1.807) is 4.90 Å². The zero-order valence-electron chi connectivity index (χ0n) is 11.9. The second-order valence-electron chi connectivity index (χ2n) is 5.96. The third-order valence-electron chi connectivity index (χ3n) is 4.30. The van der Waals surface area contributed by atoms with Gasteiger partial charge in [-0.1, -0.05) is 38.1 Å². The first-order valence-corrected chi connectivity index (χ1v) is 7.43. The fourth-order valence-corrected chi connectivity index (χ4v) is 3.01. The van der Waals surface area contributed by atoms with Crippen LogP contribution in [0.25, 0.3) is 0 Å². The molecule has 0 spiro atoms. The molecule has 2 nitrogen and oxygen atoms in total. The average molecular weight is 248 g/mol. The van der Waals surface area contributed by atoms with Crippen molar-refractivity contribution in [3.8, 4) is 0 Å². The van der Waals surface area contributed by atoms with E-state index in [4.69, 9.17) is 0 Å². The van der Waals surface area contributed by atoms with Crippen molar-refractivity contribution in [3.05, 3.63) is 35.4 Å². The van der Waals surface area contributed by atoms with E-state index < -0.39 is 0 Å². The summed E-state index contributed by atoms with van der Waals surface area (Å²) in [6, 6.07) is 10.0. The van der Waals surface area contributed by atoms with Gasteiger partial charge >= 0.3 is 0 Å². The number of nitrogens with one attached hydrogen (secondary N) is 1. The van der Waals surface area contributed by atoms with Gasteiger partial charge < -0.3 is 10.6 Å². The Bertz CT molecular complexity index is 356. The normalized spacial score (nSPS) is 24.4. The van der Waals surface area contributed by atoms with Crippen molar-refractivity contribution >= 4 is 0 Å². The molecular weight excluding hydrogens is 220 g/mol. The first-order chi connectivity index (χ1) is 8.70. The standard InChI is InChI=1S/C16H26N2/c1-13(2)15-8-6-14(7-9-15)12-18-10-4-3-5-16(18)11-17/h6-9,13,16H,3-5,10-12,17H2,1-2H3/p+2. The number of benzene rings is 1. The minimum atomic E-state index is 0.633. The highest BCUT2D eigenvalue weighted by molar-refractivity contribution is 5.24. The number of rotatable bonds is 4. The van der Waals surface area contributed by atoms with Crippen molar-refractivity contribution in [3.63, 3.8) is 0 Å². The van der Waals surface area contributed by atoms with E-state index in [1.807, 2.05) is 0 Å². The third-order valence-corrected chi connectivity index (χ3v) is 4.30. The van der Waals surface area contributed by atoms with Crippen molar-refractivity contribution < 1.29 is 10.6 Å². The second kappa shape index (κ2) is 6.35. The summed E-state index contributed by atoms with van der Waals surface area (Å²) in [6.45, 7) is 8.09. The first kappa shape index (κ1) is 13.6. The van der Waals surface area contributed by atoms with Crippen LogP contribution in [-0.2, 0) is 6.54 Å². The molecule has 2 atom stereocenters. The molecular formula is C16H28N2+2. The lowest BCUT2D eigenvalue weighted by molar-refractivity contribution is -0.949. The minimum absolute atomic E-state index is 0.633. The van der Waals surface area contributed by atoms with Crippen LogP contribution in [0.1, 0.15) is 50.2 Å². The van der Waals surface area contributed by atoms with Gasteiger partial charge in [-0.15, -0.1) is 0 Å². The van der Waals surface area contributed by atoms with Crippen LogP contribution in [0.5, 0.6) is 0 Å². The van der Waals surface area contributed by atoms with Crippen molar-refractivity contribution in [1.29, 1.82) is 0 Å². The number of quaternary nitrogens is 2. The van der Waals surface area contributed by atoms with Crippen LogP contribution >= 0.6 is 0 Å². The Morgan fingerprint density at radius 3 is 2.56 bits per heavy atom. The van der Waals surface area contributed by atoms with E-state index in [-0.39, 0.29) is 0 Å². The summed E-state index contributed by atoms with van der Waals surface area (Å²) in [5.74, 6) is 0.633. The van der Waals surface area contributed by atoms with Crippen LogP contribution in [0.2, 0.25) is 0 Å². The summed E-state index contributed by atoms with van der Waals surface area (Å²) in [5.41, 5.74) is 7.04. The molecule has 100 valence electrons. The summed E-state index contributed by atoms with van der Waals surface area (Å²) in [7, 11) is 0. The zero-order chi connectivity index (χ0) is 13.0. The summed E-state index contributed by atoms with van der Waals surface area (Å²) >= 11 is 0. The molecule has 0 bridgehead atoms. The fourth-order valence-electron chi connectivity index (χ4n) is 3.01. The van der Waals surface area contributed by atoms with Gasteiger partial charge in [0.05, 0.1) is 6.54 Å². The number of likely N-dealkylation sites (tertiary alicyclic amines) is 1. The molecule has 0 aromatic heterocycles. The highest BCUT2D eigenvalue weighted by Crippen LogP contribution is 2.14. The molecule has 1 aromatic carbocycles. The lowest BCUT2D eigenvalue weighted by Crippen LogP contribution is -3.17. The molecule has 1 fully saturated rings. The maximum absolute atomic E-state index is 4.12. The van der Waals surface area contributed by atoms with Crippen LogP contribution in [0, 0.1) is 0 Å². The Balaban J connectivity index is 1.99. The fraction of sp³-hybridized carbons (Fsp3) is 0.625. The third kappa shape index (κ3) is 3.33. The first-order valence-electron chi connectivity index (χ1n) is 7.43. The SMILES string of the molecule is CC(C)c1ccc(C[NH+]2CCCCC2C[NH3+])cc1. The van der Waals surface area contributed by atoms with Crippen molar-refractivity contribution in [1.82, 2.24) is 0 Å². The molecule has 0 aliphatic carbocycles. The maximum atomic E-state index is 4.12. The van der Waals surface area contributed by atoms with Gasteiger partial charge in [0.15, 0.2) is 0 Å². The number of hydrogen-bond donors (Lipinski definition) is 2. The van der Waals surface area contributed by atoms with Crippen molar-refractivity contribution in [2.24, 2.45) is 0 Å². The lowest BCUT2D eigenvalue weighted by atomic mass is 9.99. The van der Waals surface area contributed by atoms with Gasteiger partial charge in [-0.05, 0) is 24.3 Å². The molecule has 2 rings (SSSR count). The average Bonchev–Trinajstić information content (AvgIpc) is 2.40. The van der Waals surface area contributed by atoms with Crippen molar-refractivity contribution in [2.45, 2.75) is 51.6 Å². The van der Waals surface area contributed by atoms with Crippen LogP contribution in [0.3, 0.4) is 0 Å². The number of piperidine rings is 1. The largest absolute Gasteiger partial charge is 0.353 e. The van der Waals surface area contributed by atoms with E-state index in [2.05, 4.69) is 43.8 Å². The Morgan fingerprint density at radius 1 is 1.22 bits per heavy atom. The van der Waals surface area contributed by atoms with E-state index in [1.165, 1.54) is 43.5 Å². The van der Waals surface area contributed by atoms with Gasteiger partial charge in [0.1, 0.15) is 19.1 Å². The molecule has 0 amide bonds. The van der Waals surface area contributed by atoms with Gasteiger partial charge in [0.25, 0.3) is 0 Å². The Morgan fingerprint density at radius 2 is 1.94 bits per heavy atom. The summed E-state index contributed by atoms with van der Waals surface area (Å²) in [6.07, 6.45) is 4.15. The summed E-state index contributed by atoms with van der Waals surface area (Å²) in [4.78, 5) is 1.74. The summed E-state index contributed by atoms with van der Waals surface area (Å²) in [5, 5.41) is 0. The molecule has 2 heteroatoms. The lowest BCUT2D eigenvalue weighted by Gasteiger charge is -2.30. The zero-order valence-corrected chi connectivity index (χ0v) is 11.9. The quantitative estimate of drug-likeness (QED) is 0.796. The molecule has 1 heterocycles. The molecule has 1 aliphatic heterocycles. The molecule has 2 unspecified atom stereocenters. The van der Waals surface area contributed by atoms with Gasteiger partial charge in [0, 0.05) is 12.0 Å². The Hall–Kier alpha value is -0.860. The van der Waals surface area contributed by atoms with Gasteiger partial charge in [-0.2, -0.15) is 0 Å². The molecule has 4 N–H and O–H groups in total. The van der Waals surface area contributed by atoms with Crippen LogP contribution < -0.4 is 10.6 Å². The van der Waals surface area contributed by atoms with Crippen LogP contribution in [0.15, 0.2) is 24.3 Å².